The highest BCUT2D eigenvalue weighted by Crippen LogP contribution is 2.34. The predicted octanol–water partition coefficient (Wildman–Crippen LogP) is 6.37. The van der Waals surface area contributed by atoms with Crippen molar-refractivity contribution in [1.29, 1.82) is 5.26 Å². The molecule has 1 saturated heterocycles. The lowest BCUT2D eigenvalue weighted by Gasteiger charge is -2.26. The summed E-state index contributed by atoms with van der Waals surface area (Å²) in [6.45, 7) is 5.83. The van der Waals surface area contributed by atoms with E-state index in [4.69, 9.17) is 4.74 Å². The normalized spacial score (nSPS) is 14.3. The van der Waals surface area contributed by atoms with Gasteiger partial charge in [0.2, 0.25) is 0 Å². The molecule has 1 fully saturated rings. The van der Waals surface area contributed by atoms with Crippen LogP contribution >= 0.6 is 31.9 Å². The number of hydrogen-bond donors (Lipinski definition) is 1. The molecule has 9 heteroatoms. The van der Waals surface area contributed by atoms with Gasteiger partial charge in [-0.2, -0.15) is 5.26 Å². The molecule has 1 aliphatic rings. The van der Waals surface area contributed by atoms with Crippen molar-refractivity contribution in [2.24, 2.45) is 0 Å². The molecular formula is C29H21Br2N3O4. The molecule has 1 N–H and O–H groups in total. The Hall–Kier alpha value is -4.00. The van der Waals surface area contributed by atoms with Gasteiger partial charge in [-0.05, 0) is 88.4 Å². The summed E-state index contributed by atoms with van der Waals surface area (Å²) in [6, 6.07) is 17.1. The zero-order valence-corrected chi connectivity index (χ0v) is 23.4. The Morgan fingerprint density at radius 2 is 1.82 bits per heavy atom. The number of nitrogens with zero attached hydrogens (tertiary/aromatic N) is 2. The first kappa shape index (κ1) is 27.0. The Morgan fingerprint density at radius 1 is 1.05 bits per heavy atom. The number of anilines is 1. The third-order valence-electron chi connectivity index (χ3n) is 5.83. The predicted molar refractivity (Wildman–Crippen MR) is 151 cm³/mol. The van der Waals surface area contributed by atoms with Crippen LogP contribution in [-0.4, -0.2) is 17.8 Å². The van der Waals surface area contributed by atoms with Crippen molar-refractivity contribution in [2.45, 2.75) is 20.0 Å². The van der Waals surface area contributed by atoms with E-state index in [-0.39, 0.29) is 12.2 Å². The molecule has 0 atom stereocenters. The fraction of sp³-hybridized carbons (Fsp3) is 0.103. The smallest absolute Gasteiger partial charge is 0.335 e. The average molecular weight is 635 g/mol. The summed E-state index contributed by atoms with van der Waals surface area (Å²) < 4.78 is 7.50. The Balaban J connectivity index is 1.68. The van der Waals surface area contributed by atoms with Crippen LogP contribution in [0.1, 0.15) is 27.8 Å². The molecule has 0 radical (unpaired) electrons. The van der Waals surface area contributed by atoms with E-state index in [9.17, 15) is 19.6 Å². The van der Waals surface area contributed by atoms with Crippen molar-refractivity contribution in [3.8, 4) is 11.8 Å². The number of imide groups is 2. The maximum atomic E-state index is 13.3. The topological polar surface area (TPSA) is 99.5 Å². The van der Waals surface area contributed by atoms with E-state index in [0.29, 0.717) is 33.5 Å². The molecule has 0 aliphatic carbocycles. The zero-order valence-electron chi connectivity index (χ0n) is 20.3. The first-order valence-corrected chi connectivity index (χ1v) is 13.0. The van der Waals surface area contributed by atoms with Crippen molar-refractivity contribution in [3.05, 3.63) is 110 Å². The van der Waals surface area contributed by atoms with Crippen LogP contribution in [0.5, 0.6) is 5.75 Å². The summed E-state index contributed by atoms with van der Waals surface area (Å²) in [6.07, 6.45) is 3.60. The van der Waals surface area contributed by atoms with Crippen LogP contribution in [0.2, 0.25) is 0 Å². The van der Waals surface area contributed by atoms with Gasteiger partial charge in [0.1, 0.15) is 17.9 Å². The van der Waals surface area contributed by atoms with Crippen LogP contribution < -0.4 is 15.0 Å². The van der Waals surface area contributed by atoms with Crippen molar-refractivity contribution in [1.82, 2.24) is 5.32 Å². The highest BCUT2D eigenvalue weighted by atomic mass is 79.9. The number of carbonyl (C=O) groups excluding carboxylic acids is 3. The molecule has 0 saturated carbocycles. The molecular weight excluding hydrogens is 614 g/mol. The lowest BCUT2D eigenvalue weighted by molar-refractivity contribution is -0.122. The minimum Gasteiger partial charge on any atom is -0.487 e. The van der Waals surface area contributed by atoms with Gasteiger partial charge in [-0.1, -0.05) is 40.2 Å². The number of aryl methyl sites for hydroxylation is 1. The van der Waals surface area contributed by atoms with Gasteiger partial charge in [0.15, 0.2) is 0 Å². The number of benzene rings is 3. The number of carbonyl (C=O) groups is 3. The monoisotopic (exact) mass is 633 g/mol. The zero-order chi connectivity index (χ0) is 27.4. The van der Waals surface area contributed by atoms with Gasteiger partial charge >= 0.3 is 6.03 Å². The van der Waals surface area contributed by atoms with Crippen molar-refractivity contribution < 1.29 is 19.1 Å². The molecule has 1 heterocycles. The van der Waals surface area contributed by atoms with Gasteiger partial charge < -0.3 is 4.74 Å². The number of urea groups is 1. The van der Waals surface area contributed by atoms with Crippen molar-refractivity contribution >= 4 is 61.5 Å². The second-order valence-corrected chi connectivity index (χ2v) is 10.1. The van der Waals surface area contributed by atoms with Crippen LogP contribution in [0, 0.1) is 18.3 Å². The molecule has 190 valence electrons. The molecule has 1 aliphatic heterocycles. The minimum absolute atomic E-state index is 0.178. The SMILES string of the molecule is C=CCc1cc(/C=C2\C(=O)NC(=O)N(c3ccc(Br)c(C)c3)C2=O)cc(Br)c1OCc1ccccc1C#N. The first-order chi connectivity index (χ1) is 18.2. The third-order valence-corrected chi connectivity index (χ3v) is 7.31. The number of barbiturate groups is 1. The highest BCUT2D eigenvalue weighted by Gasteiger charge is 2.37. The van der Waals surface area contributed by atoms with Crippen LogP contribution in [0.3, 0.4) is 0 Å². The quantitative estimate of drug-likeness (QED) is 0.185. The maximum absolute atomic E-state index is 13.3. The number of nitriles is 1. The minimum atomic E-state index is -0.811. The number of hydrogen-bond acceptors (Lipinski definition) is 5. The molecule has 7 nitrogen and oxygen atoms in total. The molecule has 0 unspecified atom stereocenters. The lowest BCUT2D eigenvalue weighted by Crippen LogP contribution is -2.54. The van der Waals surface area contributed by atoms with E-state index in [0.717, 1.165) is 26.1 Å². The molecule has 0 aromatic heterocycles. The van der Waals surface area contributed by atoms with E-state index in [1.807, 2.05) is 19.1 Å². The molecule has 3 aromatic rings. The largest absolute Gasteiger partial charge is 0.487 e. The second-order valence-electron chi connectivity index (χ2n) is 8.43. The maximum Gasteiger partial charge on any atom is 0.335 e. The molecule has 0 bridgehead atoms. The van der Waals surface area contributed by atoms with Gasteiger partial charge in [0.05, 0.1) is 21.8 Å². The summed E-state index contributed by atoms with van der Waals surface area (Å²) in [5.41, 5.74) is 3.58. The Labute approximate surface area is 236 Å². The van der Waals surface area contributed by atoms with Crippen LogP contribution in [-0.2, 0) is 22.6 Å². The van der Waals surface area contributed by atoms with Crippen molar-refractivity contribution in [2.75, 3.05) is 4.90 Å². The fourth-order valence-corrected chi connectivity index (χ4v) is 4.84. The number of nitrogens with one attached hydrogen (secondary N) is 1. The molecule has 0 spiro atoms. The summed E-state index contributed by atoms with van der Waals surface area (Å²) >= 11 is 6.94. The number of amides is 4. The highest BCUT2D eigenvalue weighted by molar-refractivity contribution is 9.10. The summed E-state index contributed by atoms with van der Waals surface area (Å²) in [7, 11) is 0. The Kier molecular flexibility index (Phi) is 8.25. The lowest BCUT2D eigenvalue weighted by atomic mass is 10.0. The molecule has 3 aromatic carbocycles. The average Bonchev–Trinajstić information content (AvgIpc) is 2.88. The van der Waals surface area contributed by atoms with Crippen LogP contribution in [0.15, 0.2) is 81.8 Å². The fourth-order valence-electron chi connectivity index (χ4n) is 3.96. The van der Waals surface area contributed by atoms with E-state index >= 15 is 0 Å². The summed E-state index contributed by atoms with van der Waals surface area (Å²) in [5.74, 6) is -0.948. The number of rotatable bonds is 7. The third kappa shape index (κ3) is 5.62. The van der Waals surface area contributed by atoms with Crippen LogP contribution in [0.25, 0.3) is 6.08 Å². The van der Waals surface area contributed by atoms with E-state index in [1.165, 1.54) is 6.08 Å². The van der Waals surface area contributed by atoms with Gasteiger partial charge in [0.25, 0.3) is 11.8 Å². The molecule has 4 rings (SSSR count). The first-order valence-electron chi connectivity index (χ1n) is 11.4. The van der Waals surface area contributed by atoms with Crippen LogP contribution in [0.4, 0.5) is 10.5 Å². The molecule has 4 amide bonds. The number of ether oxygens (including phenoxy) is 1. The van der Waals surface area contributed by atoms with Gasteiger partial charge in [-0.15, -0.1) is 6.58 Å². The Morgan fingerprint density at radius 3 is 2.53 bits per heavy atom. The second kappa shape index (κ2) is 11.6. The van der Waals surface area contributed by atoms with Crippen molar-refractivity contribution in [3.63, 3.8) is 0 Å². The summed E-state index contributed by atoms with van der Waals surface area (Å²) in [4.78, 5) is 39.5. The van der Waals surface area contributed by atoms with E-state index in [1.54, 1.807) is 48.5 Å². The number of halogens is 2. The van der Waals surface area contributed by atoms with Gasteiger partial charge in [0, 0.05) is 10.0 Å². The number of allylic oxidation sites excluding steroid dienone is 1. The van der Waals surface area contributed by atoms with Gasteiger partial charge in [-0.25, -0.2) is 9.69 Å². The van der Waals surface area contributed by atoms with Gasteiger partial charge in [-0.3, -0.25) is 14.9 Å². The summed E-state index contributed by atoms with van der Waals surface area (Å²) in [5, 5.41) is 11.6. The standard InChI is InChI=1S/C29H21Br2N3O4/c1-3-6-19-12-18(14-25(31)26(19)38-16-21-8-5-4-7-20(21)15-32)13-23-27(35)33-29(37)34(28(23)36)22-9-10-24(30)17(2)11-22/h3-5,7-14H,1,6,16H2,2H3,(H,33,35,37)/b23-13+. The van der Waals surface area contributed by atoms with E-state index < -0.39 is 17.8 Å². The molecule has 38 heavy (non-hydrogen) atoms. The van der Waals surface area contributed by atoms with E-state index in [2.05, 4.69) is 49.8 Å². The Bertz CT molecular complexity index is 1560.